The number of aromatic nitrogens is 1. The lowest BCUT2D eigenvalue weighted by molar-refractivity contribution is 0.274. The van der Waals surface area contributed by atoms with Crippen molar-refractivity contribution >= 4 is 0 Å². The first kappa shape index (κ1) is 13.0. The highest BCUT2D eigenvalue weighted by molar-refractivity contribution is 5.36. The maximum absolute atomic E-state index is 6.92. The summed E-state index contributed by atoms with van der Waals surface area (Å²) in [4.78, 5) is 4.70. The lowest BCUT2D eigenvalue weighted by Gasteiger charge is -2.43. The number of hydrogen-bond donors (Lipinski definition) is 1. The number of rotatable bonds is 1. The third-order valence-corrected chi connectivity index (χ3v) is 5.39. The second-order valence-electron chi connectivity index (χ2n) is 6.67. The van der Waals surface area contributed by atoms with Crippen LogP contribution in [0.4, 0.5) is 0 Å². The average Bonchev–Trinajstić information content (AvgIpc) is 2.54. The van der Waals surface area contributed by atoms with Crippen LogP contribution in [0.3, 0.4) is 0 Å². The Balaban J connectivity index is 1.71. The molecule has 0 radical (unpaired) electrons. The van der Waals surface area contributed by atoms with Gasteiger partial charge in [0.2, 0.25) is 0 Å². The van der Waals surface area contributed by atoms with Crippen LogP contribution < -0.4 is 5.73 Å². The topological polar surface area (TPSA) is 38.9 Å². The summed E-state index contributed by atoms with van der Waals surface area (Å²) in [6, 6.07) is 13.1. The van der Waals surface area contributed by atoms with Crippen molar-refractivity contribution < 1.29 is 0 Å². The Hall–Kier alpha value is -1.67. The fourth-order valence-corrected chi connectivity index (χ4v) is 4.25. The molecular formula is C19H22N2. The number of benzene rings is 1. The second-order valence-corrected chi connectivity index (χ2v) is 6.67. The SMILES string of the molecule is NC1(C2CCCc3cccnc32)CCc2ccccc2C1. The molecule has 0 saturated heterocycles. The molecule has 0 fully saturated rings. The predicted octanol–water partition coefficient (Wildman–Crippen LogP) is 3.39. The van der Waals surface area contributed by atoms with Gasteiger partial charge in [-0.25, -0.2) is 0 Å². The van der Waals surface area contributed by atoms with E-state index in [2.05, 4.69) is 36.4 Å². The van der Waals surface area contributed by atoms with Gasteiger partial charge in [-0.1, -0.05) is 30.3 Å². The molecule has 2 atom stereocenters. The monoisotopic (exact) mass is 278 g/mol. The van der Waals surface area contributed by atoms with Crippen LogP contribution in [0.2, 0.25) is 0 Å². The standard InChI is InChI=1S/C19H22N2/c20-19(11-10-14-5-1-2-6-16(14)13-19)17-9-3-7-15-8-4-12-21-18(15)17/h1-2,4-6,8,12,17H,3,7,9-11,13,20H2. The molecule has 0 aliphatic heterocycles. The van der Waals surface area contributed by atoms with Gasteiger partial charge in [-0.15, -0.1) is 0 Å². The molecule has 0 saturated carbocycles. The van der Waals surface area contributed by atoms with Gasteiger partial charge in [-0.05, 0) is 61.3 Å². The molecule has 1 aromatic carbocycles. The fourth-order valence-electron chi connectivity index (χ4n) is 4.25. The zero-order valence-corrected chi connectivity index (χ0v) is 12.4. The molecule has 2 aliphatic rings. The summed E-state index contributed by atoms with van der Waals surface area (Å²) in [5, 5.41) is 0. The van der Waals surface area contributed by atoms with Crippen LogP contribution in [-0.4, -0.2) is 10.5 Å². The van der Waals surface area contributed by atoms with Crippen LogP contribution in [0.15, 0.2) is 42.6 Å². The van der Waals surface area contributed by atoms with Crippen LogP contribution in [0, 0.1) is 0 Å². The van der Waals surface area contributed by atoms with Crippen LogP contribution in [0.25, 0.3) is 0 Å². The van der Waals surface area contributed by atoms with Crippen molar-refractivity contribution in [3.8, 4) is 0 Å². The Labute approximate surface area is 126 Å². The molecule has 2 aromatic rings. The number of nitrogens with zero attached hydrogens (tertiary/aromatic N) is 1. The first-order chi connectivity index (χ1) is 10.3. The van der Waals surface area contributed by atoms with Crippen molar-refractivity contribution in [2.24, 2.45) is 5.73 Å². The first-order valence-corrected chi connectivity index (χ1v) is 8.06. The second kappa shape index (κ2) is 4.96. The Morgan fingerprint density at radius 2 is 1.81 bits per heavy atom. The smallest absolute Gasteiger partial charge is 0.0484 e. The van der Waals surface area contributed by atoms with E-state index in [0.29, 0.717) is 5.92 Å². The third kappa shape index (κ3) is 2.18. The third-order valence-electron chi connectivity index (χ3n) is 5.39. The number of hydrogen-bond acceptors (Lipinski definition) is 2. The summed E-state index contributed by atoms with van der Waals surface area (Å²) in [5.74, 6) is 0.413. The van der Waals surface area contributed by atoms with Crippen molar-refractivity contribution in [1.29, 1.82) is 0 Å². The van der Waals surface area contributed by atoms with Crippen molar-refractivity contribution in [3.05, 3.63) is 65.0 Å². The number of pyridine rings is 1. The lowest BCUT2D eigenvalue weighted by atomic mass is 9.66. The predicted molar refractivity (Wildman–Crippen MR) is 85.3 cm³/mol. The number of nitrogens with two attached hydrogens (primary N) is 1. The van der Waals surface area contributed by atoms with E-state index < -0.39 is 0 Å². The Bertz CT molecular complexity index is 664. The molecule has 2 N–H and O–H groups in total. The normalized spacial score (nSPS) is 27.8. The van der Waals surface area contributed by atoms with Gasteiger partial charge in [0.15, 0.2) is 0 Å². The molecule has 108 valence electrons. The van der Waals surface area contributed by atoms with Gasteiger partial charge in [0.25, 0.3) is 0 Å². The largest absolute Gasteiger partial charge is 0.324 e. The molecule has 0 amide bonds. The molecule has 2 aliphatic carbocycles. The highest BCUT2D eigenvalue weighted by Crippen LogP contribution is 2.42. The lowest BCUT2D eigenvalue weighted by Crippen LogP contribution is -2.51. The number of fused-ring (bicyclic) bond motifs is 2. The molecule has 1 aromatic heterocycles. The Kier molecular flexibility index (Phi) is 3.07. The highest BCUT2D eigenvalue weighted by Gasteiger charge is 2.41. The summed E-state index contributed by atoms with van der Waals surface area (Å²) in [5.41, 5.74) is 12.4. The van der Waals surface area contributed by atoms with E-state index in [-0.39, 0.29) is 5.54 Å². The zero-order chi connectivity index (χ0) is 14.3. The number of aryl methyl sites for hydroxylation is 2. The molecule has 21 heavy (non-hydrogen) atoms. The molecule has 4 rings (SSSR count). The first-order valence-electron chi connectivity index (χ1n) is 8.06. The van der Waals surface area contributed by atoms with Crippen molar-refractivity contribution in [2.75, 3.05) is 0 Å². The van der Waals surface area contributed by atoms with Crippen LogP contribution in [-0.2, 0) is 19.3 Å². The zero-order valence-electron chi connectivity index (χ0n) is 12.4. The van der Waals surface area contributed by atoms with Crippen LogP contribution >= 0.6 is 0 Å². The maximum atomic E-state index is 6.92. The minimum atomic E-state index is -0.127. The molecule has 1 heterocycles. The van der Waals surface area contributed by atoms with Gasteiger partial charge in [-0.3, -0.25) is 4.98 Å². The molecule has 2 nitrogen and oxygen atoms in total. The van der Waals surface area contributed by atoms with E-state index >= 15 is 0 Å². The van der Waals surface area contributed by atoms with E-state index in [1.165, 1.54) is 35.2 Å². The summed E-state index contributed by atoms with van der Waals surface area (Å²) >= 11 is 0. The van der Waals surface area contributed by atoms with E-state index in [0.717, 1.165) is 25.7 Å². The van der Waals surface area contributed by atoms with Crippen molar-refractivity contribution in [1.82, 2.24) is 4.98 Å². The quantitative estimate of drug-likeness (QED) is 0.868. The Morgan fingerprint density at radius 1 is 1.00 bits per heavy atom. The van der Waals surface area contributed by atoms with Crippen molar-refractivity contribution in [3.63, 3.8) is 0 Å². The highest BCUT2D eigenvalue weighted by atomic mass is 14.8. The molecule has 2 unspecified atom stereocenters. The van der Waals surface area contributed by atoms with Gasteiger partial charge in [-0.2, -0.15) is 0 Å². The molecule has 0 spiro atoms. The van der Waals surface area contributed by atoms with E-state index in [1.807, 2.05) is 6.20 Å². The summed E-state index contributed by atoms with van der Waals surface area (Å²) < 4.78 is 0. The van der Waals surface area contributed by atoms with Gasteiger partial charge in [0, 0.05) is 23.3 Å². The van der Waals surface area contributed by atoms with Gasteiger partial charge in [0.05, 0.1) is 0 Å². The van der Waals surface area contributed by atoms with Gasteiger partial charge < -0.3 is 5.73 Å². The average molecular weight is 278 g/mol. The Morgan fingerprint density at radius 3 is 2.71 bits per heavy atom. The minimum absolute atomic E-state index is 0.127. The van der Waals surface area contributed by atoms with Gasteiger partial charge >= 0.3 is 0 Å². The fraction of sp³-hybridized carbons (Fsp3) is 0.421. The van der Waals surface area contributed by atoms with E-state index in [4.69, 9.17) is 10.7 Å². The van der Waals surface area contributed by atoms with E-state index in [9.17, 15) is 0 Å². The summed E-state index contributed by atoms with van der Waals surface area (Å²) in [7, 11) is 0. The molecular weight excluding hydrogens is 256 g/mol. The molecule has 2 heteroatoms. The van der Waals surface area contributed by atoms with E-state index in [1.54, 1.807) is 0 Å². The summed E-state index contributed by atoms with van der Waals surface area (Å²) in [6.07, 6.45) is 8.68. The molecule has 0 bridgehead atoms. The van der Waals surface area contributed by atoms with Crippen LogP contribution in [0.1, 0.15) is 47.6 Å². The maximum Gasteiger partial charge on any atom is 0.0484 e. The van der Waals surface area contributed by atoms with Gasteiger partial charge in [0.1, 0.15) is 0 Å². The minimum Gasteiger partial charge on any atom is -0.324 e. The van der Waals surface area contributed by atoms with Crippen LogP contribution in [0.5, 0.6) is 0 Å². The summed E-state index contributed by atoms with van der Waals surface area (Å²) in [6.45, 7) is 0. The van der Waals surface area contributed by atoms with Crippen molar-refractivity contribution in [2.45, 2.75) is 50.0 Å².